The second-order valence-electron chi connectivity index (χ2n) is 6.08. The molecule has 0 aromatic heterocycles. The molecule has 4 heteroatoms. The molecular formula is C15H30N2O2. The first-order valence-corrected chi connectivity index (χ1v) is 7.87. The summed E-state index contributed by atoms with van der Waals surface area (Å²) in [5.41, 5.74) is 0.0187. The van der Waals surface area contributed by atoms with Gasteiger partial charge in [0.1, 0.15) is 0 Å². The van der Waals surface area contributed by atoms with Crippen molar-refractivity contribution in [3.63, 3.8) is 0 Å². The summed E-state index contributed by atoms with van der Waals surface area (Å²) in [5, 5.41) is 3.79. The van der Waals surface area contributed by atoms with Crippen LogP contribution in [0.25, 0.3) is 0 Å². The quantitative estimate of drug-likeness (QED) is 0.795. The highest BCUT2D eigenvalue weighted by Gasteiger charge is 2.41. The third-order valence-corrected chi connectivity index (χ3v) is 4.51. The van der Waals surface area contributed by atoms with E-state index in [2.05, 4.69) is 31.0 Å². The maximum absolute atomic E-state index is 5.99. The molecule has 2 aliphatic rings. The first kappa shape index (κ1) is 15.2. The molecule has 1 spiro atoms. The van der Waals surface area contributed by atoms with Gasteiger partial charge in [-0.05, 0) is 32.9 Å². The molecule has 0 amide bonds. The standard InChI is InChI=1S/C15H30N2O2/c1-4-17(5-2)11-13(3)16-14-6-8-19-15(10-14)7-9-18-12-15/h13-14,16H,4-12H2,1-3H3. The van der Waals surface area contributed by atoms with Crippen molar-refractivity contribution >= 4 is 0 Å². The Kier molecular flexibility index (Phi) is 5.63. The molecule has 0 saturated carbocycles. The van der Waals surface area contributed by atoms with Gasteiger partial charge in [0.2, 0.25) is 0 Å². The van der Waals surface area contributed by atoms with Gasteiger partial charge in [-0.3, -0.25) is 0 Å². The second kappa shape index (κ2) is 7.02. The summed E-state index contributed by atoms with van der Waals surface area (Å²) in [6.45, 7) is 12.7. The van der Waals surface area contributed by atoms with Crippen molar-refractivity contribution in [2.24, 2.45) is 0 Å². The van der Waals surface area contributed by atoms with Gasteiger partial charge >= 0.3 is 0 Å². The zero-order chi connectivity index (χ0) is 13.7. The van der Waals surface area contributed by atoms with Crippen LogP contribution in [0, 0.1) is 0 Å². The van der Waals surface area contributed by atoms with E-state index < -0.39 is 0 Å². The van der Waals surface area contributed by atoms with Crippen molar-refractivity contribution in [1.82, 2.24) is 10.2 Å². The van der Waals surface area contributed by atoms with Crippen LogP contribution in [-0.4, -0.2) is 62.0 Å². The van der Waals surface area contributed by atoms with E-state index in [4.69, 9.17) is 9.47 Å². The van der Waals surface area contributed by atoms with Crippen molar-refractivity contribution in [3.8, 4) is 0 Å². The molecule has 112 valence electrons. The lowest BCUT2D eigenvalue weighted by molar-refractivity contribution is -0.0903. The molecule has 1 N–H and O–H groups in total. The number of nitrogens with zero attached hydrogens (tertiary/aromatic N) is 1. The summed E-state index contributed by atoms with van der Waals surface area (Å²) in [5.74, 6) is 0. The number of ether oxygens (including phenoxy) is 2. The lowest BCUT2D eigenvalue weighted by atomic mass is 9.89. The van der Waals surface area contributed by atoms with Crippen LogP contribution < -0.4 is 5.32 Å². The van der Waals surface area contributed by atoms with E-state index in [9.17, 15) is 0 Å². The molecule has 0 bridgehead atoms. The Labute approximate surface area is 117 Å². The number of rotatable bonds is 6. The molecule has 3 unspecified atom stereocenters. The van der Waals surface area contributed by atoms with Gasteiger partial charge in [0.15, 0.2) is 0 Å². The first-order chi connectivity index (χ1) is 9.17. The highest BCUT2D eigenvalue weighted by molar-refractivity contribution is 4.93. The Hall–Kier alpha value is -0.160. The Morgan fingerprint density at radius 3 is 2.74 bits per heavy atom. The number of hydrogen-bond acceptors (Lipinski definition) is 4. The van der Waals surface area contributed by atoms with E-state index in [0.717, 1.165) is 58.7 Å². The average molecular weight is 270 g/mol. The molecule has 0 radical (unpaired) electrons. The molecule has 0 aromatic rings. The summed E-state index contributed by atoms with van der Waals surface area (Å²) in [6, 6.07) is 1.13. The van der Waals surface area contributed by atoms with Gasteiger partial charge in [-0.2, -0.15) is 0 Å². The fourth-order valence-corrected chi connectivity index (χ4v) is 3.36. The van der Waals surface area contributed by atoms with E-state index >= 15 is 0 Å². The predicted octanol–water partition coefficient (Wildman–Crippen LogP) is 1.64. The molecule has 2 heterocycles. The summed E-state index contributed by atoms with van der Waals surface area (Å²) in [4.78, 5) is 2.48. The lowest BCUT2D eigenvalue weighted by Gasteiger charge is -2.39. The normalized spacial score (nSPS) is 33.2. The Morgan fingerprint density at radius 2 is 2.11 bits per heavy atom. The van der Waals surface area contributed by atoms with Gasteiger partial charge in [0.05, 0.1) is 12.2 Å². The zero-order valence-corrected chi connectivity index (χ0v) is 12.8. The van der Waals surface area contributed by atoms with Crippen LogP contribution in [0.5, 0.6) is 0 Å². The van der Waals surface area contributed by atoms with Crippen LogP contribution in [0.1, 0.15) is 40.0 Å². The van der Waals surface area contributed by atoms with Gasteiger partial charge in [-0.15, -0.1) is 0 Å². The van der Waals surface area contributed by atoms with Crippen LogP contribution in [0.4, 0.5) is 0 Å². The topological polar surface area (TPSA) is 33.7 Å². The molecule has 3 atom stereocenters. The maximum Gasteiger partial charge on any atom is 0.0951 e. The fourth-order valence-electron chi connectivity index (χ4n) is 3.36. The van der Waals surface area contributed by atoms with Crippen LogP contribution in [-0.2, 0) is 9.47 Å². The lowest BCUT2D eigenvalue weighted by Crippen LogP contribution is -2.51. The molecule has 0 aromatic carbocycles. The number of nitrogens with one attached hydrogen (secondary N) is 1. The molecule has 2 aliphatic heterocycles. The molecule has 0 aliphatic carbocycles. The molecule has 2 rings (SSSR count). The molecular weight excluding hydrogens is 240 g/mol. The molecule has 19 heavy (non-hydrogen) atoms. The van der Waals surface area contributed by atoms with Gasteiger partial charge in [-0.25, -0.2) is 0 Å². The van der Waals surface area contributed by atoms with Gasteiger partial charge in [0, 0.05) is 38.3 Å². The number of likely N-dealkylation sites (N-methyl/N-ethyl adjacent to an activating group) is 1. The average Bonchev–Trinajstić information content (AvgIpc) is 2.84. The predicted molar refractivity (Wildman–Crippen MR) is 77.5 cm³/mol. The van der Waals surface area contributed by atoms with E-state index in [1.165, 1.54) is 0 Å². The third kappa shape index (κ3) is 4.15. The van der Waals surface area contributed by atoms with E-state index in [1.54, 1.807) is 0 Å². The van der Waals surface area contributed by atoms with Crippen molar-refractivity contribution < 1.29 is 9.47 Å². The van der Waals surface area contributed by atoms with Crippen molar-refractivity contribution in [2.45, 2.75) is 57.7 Å². The maximum atomic E-state index is 5.99. The monoisotopic (exact) mass is 270 g/mol. The van der Waals surface area contributed by atoms with Crippen LogP contribution in [0.15, 0.2) is 0 Å². The smallest absolute Gasteiger partial charge is 0.0951 e. The summed E-state index contributed by atoms with van der Waals surface area (Å²) in [6.07, 6.45) is 3.30. The van der Waals surface area contributed by atoms with Crippen LogP contribution >= 0.6 is 0 Å². The van der Waals surface area contributed by atoms with Gasteiger partial charge < -0.3 is 19.7 Å². The molecule has 2 saturated heterocycles. The largest absolute Gasteiger partial charge is 0.378 e. The summed E-state index contributed by atoms with van der Waals surface area (Å²) in [7, 11) is 0. The minimum atomic E-state index is 0.0187. The molecule has 4 nitrogen and oxygen atoms in total. The SMILES string of the molecule is CCN(CC)CC(C)NC1CCOC2(CCOC2)C1. The Balaban J connectivity index is 1.78. The highest BCUT2D eigenvalue weighted by Crippen LogP contribution is 2.32. The Bertz CT molecular complexity index is 263. The minimum absolute atomic E-state index is 0.0187. The van der Waals surface area contributed by atoms with Crippen LogP contribution in [0.2, 0.25) is 0 Å². The fraction of sp³-hybridized carbons (Fsp3) is 1.00. The molecule has 2 fully saturated rings. The van der Waals surface area contributed by atoms with Gasteiger partial charge in [0.25, 0.3) is 0 Å². The van der Waals surface area contributed by atoms with Gasteiger partial charge in [-0.1, -0.05) is 13.8 Å². The van der Waals surface area contributed by atoms with Crippen molar-refractivity contribution in [2.75, 3.05) is 39.5 Å². The second-order valence-corrected chi connectivity index (χ2v) is 6.08. The Morgan fingerprint density at radius 1 is 1.32 bits per heavy atom. The summed E-state index contributed by atoms with van der Waals surface area (Å²) < 4.78 is 11.5. The third-order valence-electron chi connectivity index (χ3n) is 4.51. The van der Waals surface area contributed by atoms with E-state index in [-0.39, 0.29) is 5.60 Å². The first-order valence-electron chi connectivity index (χ1n) is 7.87. The van der Waals surface area contributed by atoms with Crippen molar-refractivity contribution in [1.29, 1.82) is 0 Å². The van der Waals surface area contributed by atoms with E-state index in [0.29, 0.717) is 12.1 Å². The minimum Gasteiger partial charge on any atom is -0.378 e. The zero-order valence-electron chi connectivity index (χ0n) is 12.8. The van der Waals surface area contributed by atoms with Crippen molar-refractivity contribution in [3.05, 3.63) is 0 Å². The highest BCUT2D eigenvalue weighted by atomic mass is 16.6. The number of hydrogen-bond donors (Lipinski definition) is 1. The van der Waals surface area contributed by atoms with Crippen LogP contribution in [0.3, 0.4) is 0 Å². The van der Waals surface area contributed by atoms with E-state index in [1.807, 2.05) is 0 Å². The summed E-state index contributed by atoms with van der Waals surface area (Å²) >= 11 is 0.